The van der Waals surface area contributed by atoms with Crippen LogP contribution in [0.15, 0.2) is 16.9 Å². The lowest BCUT2D eigenvalue weighted by Crippen LogP contribution is -2.16. The summed E-state index contributed by atoms with van der Waals surface area (Å²) in [4.78, 5) is 14.6. The number of anilines is 2. The van der Waals surface area contributed by atoms with Gasteiger partial charge >= 0.3 is 0 Å². The summed E-state index contributed by atoms with van der Waals surface area (Å²) in [6, 6.07) is 0. The largest absolute Gasteiger partial charge is 0.357 e. The molecular weight excluding hydrogens is 286 g/mol. The molecule has 0 amide bonds. The third kappa shape index (κ3) is 2.52. The van der Waals surface area contributed by atoms with Crippen LogP contribution in [-0.2, 0) is 0 Å². The fourth-order valence-corrected chi connectivity index (χ4v) is 1.46. The Morgan fingerprint density at radius 1 is 1.29 bits per heavy atom. The topological polar surface area (TPSA) is 71.8 Å². The number of hydrogen-bond donors (Lipinski definition) is 1. The third-order valence-electron chi connectivity index (χ3n) is 1.99. The second kappa shape index (κ2) is 4.66. The molecule has 8 heteroatoms. The summed E-state index contributed by atoms with van der Waals surface area (Å²) in [6.45, 7) is 0. The van der Waals surface area contributed by atoms with Crippen molar-refractivity contribution in [2.45, 2.75) is 0 Å². The van der Waals surface area contributed by atoms with Gasteiger partial charge in [0, 0.05) is 27.3 Å². The molecule has 0 aliphatic heterocycles. The van der Waals surface area contributed by atoms with Gasteiger partial charge in [-0.2, -0.15) is 20.1 Å². The lowest BCUT2D eigenvalue weighted by molar-refractivity contribution is 0.790. The molecule has 7 nitrogen and oxygen atoms in total. The van der Waals surface area contributed by atoms with Gasteiger partial charge in [-0.25, -0.2) is 4.68 Å². The Morgan fingerprint density at radius 3 is 2.59 bits per heavy atom. The molecule has 2 aromatic rings. The van der Waals surface area contributed by atoms with Crippen LogP contribution >= 0.6 is 15.9 Å². The van der Waals surface area contributed by atoms with Crippen LogP contribution in [0, 0.1) is 0 Å². The summed E-state index contributed by atoms with van der Waals surface area (Å²) in [7, 11) is 5.51. The molecule has 0 aliphatic rings. The standard InChI is InChI=1S/C9H12BrN7/c1-11-7-13-8(16(2)3)15-9(14-7)17-5-6(10)4-12-17/h4-5H,1-3H3,(H,11,13,14,15). The van der Waals surface area contributed by atoms with E-state index in [1.165, 1.54) is 0 Å². The maximum Gasteiger partial charge on any atom is 0.257 e. The number of aromatic nitrogens is 5. The number of nitrogens with one attached hydrogen (secondary N) is 1. The number of nitrogens with zero attached hydrogens (tertiary/aromatic N) is 6. The third-order valence-corrected chi connectivity index (χ3v) is 2.40. The summed E-state index contributed by atoms with van der Waals surface area (Å²) in [6.07, 6.45) is 3.46. The van der Waals surface area contributed by atoms with Crippen LogP contribution in [-0.4, -0.2) is 45.9 Å². The van der Waals surface area contributed by atoms with Gasteiger partial charge in [-0.15, -0.1) is 0 Å². The van der Waals surface area contributed by atoms with Crippen LogP contribution in [0.4, 0.5) is 11.9 Å². The van der Waals surface area contributed by atoms with Crippen LogP contribution in [0.1, 0.15) is 0 Å². The van der Waals surface area contributed by atoms with Crippen molar-refractivity contribution >= 4 is 27.8 Å². The first-order valence-electron chi connectivity index (χ1n) is 4.92. The fourth-order valence-electron chi connectivity index (χ4n) is 1.18. The fraction of sp³-hybridized carbons (Fsp3) is 0.333. The van der Waals surface area contributed by atoms with Gasteiger partial charge in [-0.3, -0.25) is 0 Å². The predicted molar refractivity (Wildman–Crippen MR) is 68.5 cm³/mol. The minimum Gasteiger partial charge on any atom is -0.357 e. The first-order chi connectivity index (χ1) is 8.10. The summed E-state index contributed by atoms with van der Waals surface area (Å²) < 4.78 is 2.45. The molecule has 2 rings (SSSR count). The van der Waals surface area contributed by atoms with Crippen molar-refractivity contribution in [3.05, 3.63) is 16.9 Å². The molecule has 0 bridgehead atoms. The zero-order chi connectivity index (χ0) is 12.4. The highest BCUT2D eigenvalue weighted by atomic mass is 79.9. The zero-order valence-electron chi connectivity index (χ0n) is 9.72. The van der Waals surface area contributed by atoms with Crippen LogP contribution in [0.25, 0.3) is 5.95 Å². The van der Waals surface area contributed by atoms with E-state index in [1.807, 2.05) is 19.0 Å². The van der Waals surface area contributed by atoms with Crippen molar-refractivity contribution in [1.29, 1.82) is 0 Å². The molecule has 0 saturated carbocycles. The second-order valence-electron chi connectivity index (χ2n) is 3.51. The minimum absolute atomic E-state index is 0.471. The molecule has 90 valence electrons. The van der Waals surface area contributed by atoms with Crippen molar-refractivity contribution < 1.29 is 0 Å². The molecule has 0 unspecified atom stereocenters. The van der Waals surface area contributed by atoms with Gasteiger partial charge in [0.05, 0.1) is 10.7 Å². The van der Waals surface area contributed by atoms with E-state index >= 15 is 0 Å². The summed E-state index contributed by atoms with van der Waals surface area (Å²) in [5.41, 5.74) is 0. The smallest absolute Gasteiger partial charge is 0.257 e. The summed E-state index contributed by atoms with van der Waals surface area (Å²) in [5, 5.41) is 7.03. The molecular formula is C9H12BrN7. The molecule has 0 aliphatic carbocycles. The van der Waals surface area contributed by atoms with E-state index in [0.29, 0.717) is 17.8 Å². The van der Waals surface area contributed by atoms with Crippen LogP contribution in [0.2, 0.25) is 0 Å². The normalized spacial score (nSPS) is 10.4. The lowest BCUT2D eigenvalue weighted by Gasteiger charge is -2.12. The van der Waals surface area contributed by atoms with E-state index in [9.17, 15) is 0 Å². The molecule has 0 aromatic carbocycles. The van der Waals surface area contributed by atoms with Gasteiger partial charge in [0.25, 0.3) is 5.95 Å². The zero-order valence-corrected chi connectivity index (χ0v) is 11.3. The monoisotopic (exact) mass is 297 g/mol. The Morgan fingerprint density at radius 2 is 2.06 bits per heavy atom. The predicted octanol–water partition coefficient (Wildman–Crippen LogP) is 0.927. The first kappa shape index (κ1) is 11.8. The van der Waals surface area contributed by atoms with E-state index in [0.717, 1.165) is 4.47 Å². The molecule has 0 saturated heterocycles. The highest BCUT2D eigenvalue weighted by Gasteiger charge is 2.09. The quantitative estimate of drug-likeness (QED) is 0.909. The van der Waals surface area contributed by atoms with Crippen molar-refractivity contribution in [3.63, 3.8) is 0 Å². The maximum atomic E-state index is 4.31. The molecule has 1 N–H and O–H groups in total. The van der Waals surface area contributed by atoms with Gasteiger partial charge < -0.3 is 10.2 Å². The van der Waals surface area contributed by atoms with E-state index in [2.05, 4.69) is 41.3 Å². The van der Waals surface area contributed by atoms with E-state index in [4.69, 9.17) is 0 Å². The molecule has 0 radical (unpaired) electrons. The highest BCUT2D eigenvalue weighted by molar-refractivity contribution is 9.10. The molecule has 2 aromatic heterocycles. The SMILES string of the molecule is CNc1nc(N(C)C)nc(-n2cc(Br)cn2)n1. The van der Waals surface area contributed by atoms with Gasteiger partial charge in [0.1, 0.15) is 0 Å². The molecule has 2 heterocycles. The Kier molecular flexibility index (Phi) is 3.23. The molecule has 0 fully saturated rings. The Labute approximate surface area is 107 Å². The average Bonchev–Trinajstić information content (AvgIpc) is 2.75. The van der Waals surface area contributed by atoms with Crippen molar-refractivity contribution in [3.8, 4) is 5.95 Å². The van der Waals surface area contributed by atoms with Crippen molar-refractivity contribution in [2.75, 3.05) is 31.4 Å². The average molecular weight is 298 g/mol. The van der Waals surface area contributed by atoms with Gasteiger partial charge in [0.2, 0.25) is 11.9 Å². The van der Waals surface area contributed by atoms with Crippen molar-refractivity contribution in [1.82, 2.24) is 24.7 Å². The Hall–Kier alpha value is -1.70. The lowest BCUT2D eigenvalue weighted by atomic mass is 10.7. The van der Waals surface area contributed by atoms with Gasteiger partial charge in [-0.05, 0) is 15.9 Å². The Balaban J connectivity index is 2.49. The second-order valence-corrected chi connectivity index (χ2v) is 4.42. The van der Waals surface area contributed by atoms with Crippen LogP contribution in [0.3, 0.4) is 0 Å². The summed E-state index contributed by atoms with van der Waals surface area (Å²) in [5.74, 6) is 1.55. The molecule has 0 spiro atoms. The number of hydrogen-bond acceptors (Lipinski definition) is 6. The van der Waals surface area contributed by atoms with E-state index in [-0.39, 0.29) is 0 Å². The number of halogens is 1. The van der Waals surface area contributed by atoms with Gasteiger partial charge in [-0.1, -0.05) is 0 Å². The summed E-state index contributed by atoms with van der Waals surface area (Å²) >= 11 is 3.33. The van der Waals surface area contributed by atoms with E-state index < -0.39 is 0 Å². The first-order valence-corrected chi connectivity index (χ1v) is 5.71. The molecule has 0 atom stereocenters. The highest BCUT2D eigenvalue weighted by Crippen LogP contribution is 2.13. The van der Waals surface area contributed by atoms with Crippen LogP contribution < -0.4 is 10.2 Å². The van der Waals surface area contributed by atoms with Crippen LogP contribution in [0.5, 0.6) is 0 Å². The minimum atomic E-state index is 0.471. The van der Waals surface area contributed by atoms with Crippen molar-refractivity contribution in [2.24, 2.45) is 0 Å². The number of rotatable bonds is 3. The maximum absolute atomic E-state index is 4.31. The Bertz CT molecular complexity index is 522. The molecule has 17 heavy (non-hydrogen) atoms. The van der Waals surface area contributed by atoms with E-state index in [1.54, 1.807) is 24.1 Å². The van der Waals surface area contributed by atoms with Gasteiger partial charge in [0.15, 0.2) is 0 Å².